The predicted octanol–water partition coefficient (Wildman–Crippen LogP) is 4.35. The summed E-state index contributed by atoms with van der Waals surface area (Å²) < 4.78 is 5.37. The standard InChI is InChI=1S/C17H21N3O.HI/c1-3-8-15(9-4-1)19-17(20-11-5-2-6-12-20)18-14-16-10-7-13-21-16;/h1,3-4,7-10,13H,2,5-6,11-12,14H2,(H,18,19);1H. The lowest BCUT2D eigenvalue weighted by Gasteiger charge is -2.30. The third-order valence-electron chi connectivity index (χ3n) is 3.65. The van der Waals surface area contributed by atoms with E-state index in [-0.39, 0.29) is 24.0 Å². The van der Waals surface area contributed by atoms with E-state index in [0.717, 1.165) is 30.5 Å². The van der Waals surface area contributed by atoms with Crippen molar-refractivity contribution in [2.24, 2.45) is 4.99 Å². The third-order valence-corrected chi connectivity index (χ3v) is 3.65. The number of benzene rings is 1. The van der Waals surface area contributed by atoms with Crippen LogP contribution in [0.1, 0.15) is 25.0 Å². The summed E-state index contributed by atoms with van der Waals surface area (Å²) in [6, 6.07) is 14.1. The van der Waals surface area contributed by atoms with Gasteiger partial charge in [0.05, 0.1) is 6.26 Å². The molecule has 5 heteroatoms. The number of rotatable bonds is 3. The van der Waals surface area contributed by atoms with E-state index in [1.54, 1.807) is 6.26 Å². The number of anilines is 1. The van der Waals surface area contributed by atoms with Gasteiger partial charge >= 0.3 is 0 Å². The van der Waals surface area contributed by atoms with Crippen LogP contribution in [-0.4, -0.2) is 23.9 Å². The minimum atomic E-state index is 0. The van der Waals surface area contributed by atoms with Crippen LogP contribution >= 0.6 is 24.0 Å². The second-order valence-corrected chi connectivity index (χ2v) is 5.26. The monoisotopic (exact) mass is 411 g/mol. The maximum Gasteiger partial charge on any atom is 0.198 e. The number of hydrogen-bond donors (Lipinski definition) is 1. The van der Waals surface area contributed by atoms with Crippen LogP contribution < -0.4 is 5.32 Å². The molecule has 22 heavy (non-hydrogen) atoms. The van der Waals surface area contributed by atoms with Gasteiger partial charge in [-0.1, -0.05) is 18.2 Å². The van der Waals surface area contributed by atoms with Crippen molar-refractivity contribution in [3.63, 3.8) is 0 Å². The molecule has 3 rings (SSSR count). The zero-order chi connectivity index (χ0) is 14.3. The summed E-state index contributed by atoms with van der Waals surface area (Å²) in [5, 5.41) is 3.45. The third kappa shape index (κ3) is 4.76. The van der Waals surface area contributed by atoms with Crippen LogP contribution in [0.2, 0.25) is 0 Å². The van der Waals surface area contributed by atoms with E-state index in [0.29, 0.717) is 6.54 Å². The number of guanidine groups is 1. The molecule has 1 aromatic heterocycles. The van der Waals surface area contributed by atoms with E-state index in [9.17, 15) is 0 Å². The molecule has 0 radical (unpaired) electrons. The van der Waals surface area contributed by atoms with Crippen LogP contribution in [0.15, 0.2) is 58.1 Å². The van der Waals surface area contributed by atoms with Crippen molar-refractivity contribution in [3.05, 3.63) is 54.5 Å². The average Bonchev–Trinajstić information content (AvgIpc) is 3.07. The Kier molecular flexibility index (Phi) is 6.76. The molecule has 118 valence electrons. The van der Waals surface area contributed by atoms with Crippen molar-refractivity contribution in [2.75, 3.05) is 18.4 Å². The van der Waals surface area contributed by atoms with Gasteiger partial charge in [0.15, 0.2) is 5.96 Å². The number of nitrogens with one attached hydrogen (secondary N) is 1. The number of hydrogen-bond acceptors (Lipinski definition) is 2. The molecule has 1 aliphatic heterocycles. The fraction of sp³-hybridized carbons (Fsp3) is 0.353. The smallest absolute Gasteiger partial charge is 0.198 e. The summed E-state index contributed by atoms with van der Waals surface area (Å²) in [5.41, 5.74) is 1.07. The topological polar surface area (TPSA) is 40.8 Å². The van der Waals surface area contributed by atoms with E-state index in [2.05, 4.69) is 22.3 Å². The molecule has 2 heterocycles. The second kappa shape index (κ2) is 8.82. The Hall–Kier alpha value is -1.50. The highest BCUT2D eigenvalue weighted by Gasteiger charge is 2.15. The maximum absolute atomic E-state index is 5.37. The van der Waals surface area contributed by atoms with Gasteiger partial charge in [-0.2, -0.15) is 0 Å². The Labute approximate surface area is 148 Å². The Morgan fingerprint density at radius 1 is 1.05 bits per heavy atom. The van der Waals surface area contributed by atoms with Crippen molar-refractivity contribution in [1.82, 2.24) is 4.90 Å². The van der Waals surface area contributed by atoms with Crippen molar-refractivity contribution in [1.29, 1.82) is 0 Å². The van der Waals surface area contributed by atoms with Gasteiger partial charge < -0.3 is 14.6 Å². The second-order valence-electron chi connectivity index (χ2n) is 5.26. The Bertz CT molecular complexity index is 563. The summed E-state index contributed by atoms with van der Waals surface area (Å²) in [6.07, 6.45) is 5.47. The Morgan fingerprint density at radius 2 is 1.82 bits per heavy atom. The molecule has 0 atom stereocenters. The van der Waals surface area contributed by atoms with E-state index in [1.165, 1.54) is 19.3 Å². The number of aliphatic imine (C=N–C) groups is 1. The van der Waals surface area contributed by atoms with Gasteiger partial charge in [0.25, 0.3) is 0 Å². The van der Waals surface area contributed by atoms with Crippen LogP contribution in [0.5, 0.6) is 0 Å². The molecule has 0 amide bonds. The number of piperidine rings is 1. The quantitative estimate of drug-likeness (QED) is 0.464. The molecule has 1 fully saturated rings. The first kappa shape index (κ1) is 16.9. The lowest BCUT2D eigenvalue weighted by molar-refractivity contribution is 0.340. The van der Waals surface area contributed by atoms with Crippen molar-refractivity contribution in [3.8, 4) is 0 Å². The van der Waals surface area contributed by atoms with E-state index >= 15 is 0 Å². The van der Waals surface area contributed by atoms with Gasteiger partial charge in [0.2, 0.25) is 0 Å². The first-order chi connectivity index (χ1) is 10.4. The predicted molar refractivity (Wildman–Crippen MR) is 101 cm³/mol. The lowest BCUT2D eigenvalue weighted by Crippen LogP contribution is -2.40. The largest absolute Gasteiger partial charge is 0.467 e. The van der Waals surface area contributed by atoms with Crippen LogP contribution in [0, 0.1) is 0 Å². The van der Waals surface area contributed by atoms with E-state index < -0.39 is 0 Å². The van der Waals surface area contributed by atoms with Crippen LogP contribution in [-0.2, 0) is 6.54 Å². The molecule has 0 saturated carbocycles. The van der Waals surface area contributed by atoms with Crippen LogP contribution in [0.25, 0.3) is 0 Å². The molecule has 0 bridgehead atoms. The molecule has 4 nitrogen and oxygen atoms in total. The van der Waals surface area contributed by atoms with Gasteiger partial charge in [0.1, 0.15) is 12.3 Å². The Morgan fingerprint density at radius 3 is 2.50 bits per heavy atom. The molecular formula is C17H22IN3O. The van der Waals surface area contributed by atoms with Crippen LogP contribution in [0.3, 0.4) is 0 Å². The van der Waals surface area contributed by atoms with E-state index in [1.807, 2.05) is 30.3 Å². The van der Waals surface area contributed by atoms with Crippen LogP contribution in [0.4, 0.5) is 5.69 Å². The zero-order valence-electron chi connectivity index (χ0n) is 12.6. The molecular weight excluding hydrogens is 389 g/mol. The molecule has 1 aliphatic rings. The number of para-hydroxylation sites is 1. The van der Waals surface area contributed by atoms with Gasteiger partial charge in [-0.05, 0) is 43.5 Å². The summed E-state index contributed by atoms with van der Waals surface area (Å²) in [7, 11) is 0. The summed E-state index contributed by atoms with van der Waals surface area (Å²) in [4.78, 5) is 7.06. The molecule has 1 saturated heterocycles. The minimum absolute atomic E-state index is 0. The fourth-order valence-corrected chi connectivity index (χ4v) is 2.53. The highest BCUT2D eigenvalue weighted by Crippen LogP contribution is 2.13. The first-order valence-corrected chi connectivity index (χ1v) is 7.56. The first-order valence-electron chi connectivity index (χ1n) is 7.56. The van der Waals surface area contributed by atoms with Crippen molar-refractivity contribution in [2.45, 2.75) is 25.8 Å². The SMILES string of the molecule is I.c1ccc(NC(=NCc2ccco2)N2CCCCC2)cc1. The lowest BCUT2D eigenvalue weighted by atomic mass is 10.1. The number of likely N-dealkylation sites (tertiary alicyclic amines) is 1. The number of halogens is 1. The molecule has 1 N–H and O–H groups in total. The molecule has 1 aromatic carbocycles. The van der Waals surface area contributed by atoms with Crippen molar-refractivity contribution < 1.29 is 4.42 Å². The summed E-state index contributed by atoms with van der Waals surface area (Å²) in [5.74, 6) is 1.83. The molecule has 2 aromatic rings. The highest BCUT2D eigenvalue weighted by atomic mass is 127. The van der Waals surface area contributed by atoms with Crippen molar-refractivity contribution >= 4 is 35.6 Å². The normalized spacial score (nSPS) is 15.3. The van der Waals surface area contributed by atoms with E-state index in [4.69, 9.17) is 9.41 Å². The number of nitrogens with zero attached hydrogens (tertiary/aromatic N) is 2. The summed E-state index contributed by atoms with van der Waals surface area (Å²) >= 11 is 0. The number of furan rings is 1. The Balaban J connectivity index is 0.00000176. The molecule has 0 aliphatic carbocycles. The highest BCUT2D eigenvalue weighted by molar-refractivity contribution is 14.0. The van der Waals surface area contributed by atoms with Gasteiger partial charge in [-0.15, -0.1) is 24.0 Å². The molecule has 0 spiro atoms. The minimum Gasteiger partial charge on any atom is -0.467 e. The molecule has 0 unspecified atom stereocenters. The van der Waals surface area contributed by atoms with Gasteiger partial charge in [-0.3, -0.25) is 0 Å². The van der Waals surface area contributed by atoms with Gasteiger partial charge in [0, 0.05) is 18.8 Å². The fourth-order valence-electron chi connectivity index (χ4n) is 2.53. The zero-order valence-corrected chi connectivity index (χ0v) is 14.9. The maximum atomic E-state index is 5.37. The average molecular weight is 411 g/mol. The summed E-state index contributed by atoms with van der Waals surface area (Å²) in [6.45, 7) is 2.70. The van der Waals surface area contributed by atoms with Gasteiger partial charge in [-0.25, -0.2) is 4.99 Å².